The number of anilines is 1. The van der Waals surface area contributed by atoms with Gasteiger partial charge in [-0.05, 0) is 66.5 Å². The van der Waals surface area contributed by atoms with Gasteiger partial charge in [-0.15, -0.1) is 0 Å². The van der Waals surface area contributed by atoms with E-state index in [4.69, 9.17) is 0 Å². The van der Waals surface area contributed by atoms with Crippen molar-refractivity contribution in [2.75, 3.05) is 18.0 Å². The Labute approximate surface area is 121 Å². The van der Waals surface area contributed by atoms with Crippen LogP contribution in [0, 0.1) is 0 Å². The third-order valence-corrected chi connectivity index (χ3v) is 4.89. The number of aryl methyl sites for hydroxylation is 2. The molecule has 0 atom stereocenters. The molecule has 0 saturated carbocycles. The second-order valence-corrected chi connectivity index (χ2v) is 6.01. The summed E-state index contributed by atoms with van der Waals surface area (Å²) in [4.78, 5) is 2.49. The van der Waals surface area contributed by atoms with Crippen LogP contribution in [0.3, 0.4) is 0 Å². The molecule has 1 nitrogen and oxygen atoms in total. The van der Waals surface area contributed by atoms with E-state index in [-0.39, 0.29) is 0 Å². The Bertz CT molecular complexity index is 657. The number of benzene rings is 2. The van der Waals surface area contributed by atoms with E-state index < -0.39 is 0 Å². The van der Waals surface area contributed by atoms with E-state index in [1.807, 2.05) is 0 Å². The summed E-state index contributed by atoms with van der Waals surface area (Å²) in [5.41, 5.74) is 8.85. The van der Waals surface area contributed by atoms with Gasteiger partial charge in [-0.1, -0.05) is 30.3 Å². The highest BCUT2D eigenvalue weighted by Crippen LogP contribution is 2.34. The number of rotatable bonds is 2. The van der Waals surface area contributed by atoms with Gasteiger partial charge in [0.15, 0.2) is 0 Å². The molecule has 20 heavy (non-hydrogen) atoms. The Balaban J connectivity index is 1.76. The standard InChI is InChI=1S/C19H21N/c1-2-20-11-10-15-7-9-18(13-19(15)20)17-8-6-14-4-3-5-16(14)12-17/h6-9,12-13H,2-5,10-11H2,1H3. The van der Waals surface area contributed by atoms with Crippen LogP contribution in [-0.2, 0) is 19.3 Å². The quantitative estimate of drug-likeness (QED) is 0.784. The van der Waals surface area contributed by atoms with Crippen LogP contribution < -0.4 is 4.90 Å². The average molecular weight is 263 g/mol. The minimum absolute atomic E-state index is 1.11. The number of hydrogen-bond acceptors (Lipinski definition) is 1. The monoisotopic (exact) mass is 263 g/mol. The van der Waals surface area contributed by atoms with Gasteiger partial charge in [-0.2, -0.15) is 0 Å². The van der Waals surface area contributed by atoms with E-state index in [1.54, 1.807) is 11.1 Å². The summed E-state index contributed by atoms with van der Waals surface area (Å²) in [6.07, 6.45) is 5.05. The normalized spacial score (nSPS) is 16.4. The molecular formula is C19H21N. The molecule has 0 saturated heterocycles. The van der Waals surface area contributed by atoms with Gasteiger partial charge in [0.25, 0.3) is 0 Å². The van der Waals surface area contributed by atoms with E-state index in [9.17, 15) is 0 Å². The fourth-order valence-corrected chi connectivity index (χ4v) is 3.70. The zero-order chi connectivity index (χ0) is 13.5. The first-order valence-electron chi connectivity index (χ1n) is 7.85. The smallest absolute Gasteiger partial charge is 0.0405 e. The van der Waals surface area contributed by atoms with E-state index in [2.05, 4.69) is 48.2 Å². The van der Waals surface area contributed by atoms with E-state index in [0.717, 1.165) is 6.54 Å². The van der Waals surface area contributed by atoms with Crippen molar-refractivity contribution in [1.29, 1.82) is 0 Å². The molecule has 0 amide bonds. The minimum Gasteiger partial charge on any atom is -0.371 e. The lowest BCUT2D eigenvalue weighted by Gasteiger charge is -2.17. The van der Waals surface area contributed by atoms with Gasteiger partial charge in [0.05, 0.1) is 0 Å². The van der Waals surface area contributed by atoms with Crippen molar-refractivity contribution < 1.29 is 0 Å². The second-order valence-electron chi connectivity index (χ2n) is 6.01. The van der Waals surface area contributed by atoms with Gasteiger partial charge < -0.3 is 4.90 Å². The molecule has 0 bridgehead atoms. The largest absolute Gasteiger partial charge is 0.371 e. The summed E-state index contributed by atoms with van der Waals surface area (Å²) < 4.78 is 0. The lowest BCUT2D eigenvalue weighted by molar-refractivity contribution is 0.868. The van der Waals surface area contributed by atoms with Crippen molar-refractivity contribution in [3.63, 3.8) is 0 Å². The van der Waals surface area contributed by atoms with Crippen LogP contribution >= 0.6 is 0 Å². The minimum atomic E-state index is 1.11. The third-order valence-electron chi connectivity index (χ3n) is 4.89. The molecule has 0 unspecified atom stereocenters. The molecule has 1 heterocycles. The molecule has 1 heteroatoms. The van der Waals surface area contributed by atoms with Crippen LogP contribution in [0.1, 0.15) is 30.0 Å². The van der Waals surface area contributed by atoms with Gasteiger partial charge in [0.2, 0.25) is 0 Å². The zero-order valence-electron chi connectivity index (χ0n) is 12.2. The Kier molecular flexibility index (Phi) is 2.80. The van der Waals surface area contributed by atoms with Crippen molar-refractivity contribution in [3.05, 3.63) is 53.1 Å². The SMILES string of the molecule is CCN1CCc2ccc(-c3ccc4c(c3)CCC4)cc21. The molecule has 2 aromatic rings. The summed E-state index contributed by atoms with van der Waals surface area (Å²) in [7, 11) is 0. The molecule has 102 valence electrons. The van der Waals surface area contributed by atoms with Crippen molar-refractivity contribution in [2.45, 2.75) is 32.6 Å². The first-order chi connectivity index (χ1) is 9.85. The molecule has 2 aromatic carbocycles. The Hall–Kier alpha value is -1.76. The summed E-state index contributed by atoms with van der Waals surface area (Å²) >= 11 is 0. The first-order valence-corrected chi connectivity index (χ1v) is 7.85. The fourth-order valence-electron chi connectivity index (χ4n) is 3.70. The first kappa shape index (κ1) is 12.0. The average Bonchev–Trinajstić information content (AvgIpc) is 3.12. The van der Waals surface area contributed by atoms with Gasteiger partial charge in [-0.3, -0.25) is 0 Å². The van der Waals surface area contributed by atoms with Crippen LogP contribution in [0.15, 0.2) is 36.4 Å². The van der Waals surface area contributed by atoms with Crippen LogP contribution in [0.4, 0.5) is 5.69 Å². The lowest BCUT2D eigenvalue weighted by Crippen LogP contribution is -2.19. The molecule has 0 radical (unpaired) electrons. The number of hydrogen-bond donors (Lipinski definition) is 0. The summed E-state index contributed by atoms with van der Waals surface area (Å²) in [6, 6.07) is 14.1. The van der Waals surface area contributed by atoms with E-state index in [0.29, 0.717) is 0 Å². The lowest BCUT2D eigenvalue weighted by atomic mass is 9.99. The van der Waals surface area contributed by atoms with Gasteiger partial charge in [-0.25, -0.2) is 0 Å². The van der Waals surface area contributed by atoms with Crippen molar-refractivity contribution in [2.24, 2.45) is 0 Å². The van der Waals surface area contributed by atoms with E-state index in [1.165, 1.54) is 54.6 Å². The van der Waals surface area contributed by atoms with Crippen molar-refractivity contribution in [3.8, 4) is 11.1 Å². The van der Waals surface area contributed by atoms with Crippen molar-refractivity contribution in [1.82, 2.24) is 0 Å². The summed E-state index contributed by atoms with van der Waals surface area (Å²) in [5, 5.41) is 0. The molecule has 0 N–H and O–H groups in total. The highest BCUT2D eigenvalue weighted by molar-refractivity contribution is 5.73. The highest BCUT2D eigenvalue weighted by atomic mass is 15.1. The van der Waals surface area contributed by atoms with Gasteiger partial charge in [0.1, 0.15) is 0 Å². The van der Waals surface area contributed by atoms with Crippen LogP contribution in [0.2, 0.25) is 0 Å². The van der Waals surface area contributed by atoms with Crippen molar-refractivity contribution >= 4 is 5.69 Å². The maximum atomic E-state index is 2.49. The maximum Gasteiger partial charge on any atom is 0.0405 e. The molecule has 0 fully saturated rings. The highest BCUT2D eigenvalue weighted by Gasteiger charge is 2.18. The van der Waals surface area contributed by atoms with Gasteiger partial charge >= 0.3 is 0 Å². The number of nitrogens with zero attached hydrogens (tertiary/aromatic N) is 1. The maximum absolute atomic E-state index is 2.49. The molecule has 0 spiro atoms. The second kappa shape index (κ2) is 4.66. The van der Waals surface area contributed by atoms with Crippen LogP contribution in [-0.4, -0.2) is 13.1 Å². The molecule has 4 rings (SSSR count). The predicted molar refractivity (Wildman–Crippen MR) is 85.5 cm³/mol. The number of likely N-dealkylation sites (N-methyl/N-ethyl adjacent to an activating group) is 1. The summed E-state index contributed by atoms with van der Waals surface area (Å²) in [5.74, 6) is 0. The fraction of sp³-hybridized carbons (Fsp3) is 0.368. The molecular weight excluding hydrogens is 242 g/mol. The van der Waals surface area contributed by atoms with Gasteiger partial charge in [0, 0.05) is 18.8 Å². The number of fused-ring (bicyclic) bond motifs is 2. The molecule has 1 aliphatic carbocycles. The van der Waals surface area contributed by atoms with Crippen LogP contribution in [0.5, 0.6) is 0 Å². The zero-order valence-corrected chi connectivity index (χ0v) is 12.2. The Morgan fingerprint density at radius 3 is 2.45 bits per heavy atom. The van der Waals surface area contributed by atoms with E-state index >= 15 is 0 Å². The Morgan fingerprint density at radius 1 is 0.850 bits per heavy atom. The Morgan fingerprint density at radius 2 is 1.60 bits per heavy atom. The topological polar surface area (TPSA) is 3.24 Å². The predicted octanol–water partition coefficient (Wildman–Crippen LogP) is 4.22. The van der Waals surface area contributed by atoms with Crippen LogP contribution in [0.25, 0.3) is 11.1 Å². The molecule has 2 aliphatic rings. The third kappa shape index (κ3) is 1.84. The molecule has 1 aliphatic heterocycles. The summed E-state index contributed by atoms with van der Waals surface area (Å²) in [6.45, 7) is 4.54. The molecule has 0 aromatic heterocycles.